The number of nitrogens with zero attached hydrogens (tertiary/aromatic N) is 1. The summed E-state index contributed by atoms with van der Waals surface area (Å²) in [6.07, 6.45) is 3.65. The van der Waals surface area contributed by atoms with E-state index in [2.05, 4.69) is 16.3 Å². The van der Waals surface area contributed by atoms with Crippen LogP contribution in [0.25, 0.3) is 0 Å². The van der Waals surface area contributed by atoms with Gasteiger partial charge in [0.05, 0.1) is 20.3 Å². The standard InChI is InChI=1S/C23H30N2O3/c1-17-7-9-18(10-8-17)23(26)24-16-20(25-13-5-4-6-14-25)19-11-12-21(27-2)22(15-19)28-3/h7-12,15,20H,4-6,13-14,16H2,1-3H3,(H,24,26). The highest BCUT2D eigenvalue weighted by Gasteiger charge is 2.24. The molecule has 5 heteroatoms. The first-order chi connectivity index (χ1) is 13.6. The largest absolute Gasteiger partial charge is 0.493 e. The van der Waals surface area contributed by atoms with Crippen LogP contribution in [-0.4, -0.2) is 44.7 Å². The normalized spacial score (nSPS) is 15.7. The summed E-state index contributed by atoms with van der Waals surface area (Å²) in [6, 6.07) is 13.8. The van der Waals surface area contributed by atoms with Crippen molar-refractivity contribution in [2.75, 3.05) is 33.9 Å². The number of benzene rings is 2. The minimum Gasteiger partial charge on any atom is -0.493 e. The van der Waals surface area contributed by atoms with Crippen LogP contribution in [0.1, 0.15) is 46.8 Å². The number of piperidine rings is 1. The summed E-state index contributed by atoms with van der Waals surface area (Å²) in [5.74, 6) is 1.39. The monoisotopic (exact) mass is 382 g/mol. The van der Waals surface area contributed by atoms with Crippen LogP contribution in [0.3, 0.4) is 0 Å². The Labute approximate surface area is 167 Å². The number of aryl methyl sites for hydroxylation is 1. The second-order valence-corrected chi connectivity index (χ2v) is 7.30. The number of hydrogen-bond donors (Lipinski definition) is 1. The molecule has 1 fully saturated rings. The van der Waals surface area contributed by atoms with Crippen molar-refractivity contribution in [1.82, 2.24) is 10.2 Å². The molecule has 2 aromatic rings. The maximum atomic E-state index is 12.6. The molecule has 0 bridgehead atoms. The zero-order valence-corrected chi connectivity index (χ0v) is 17.0. The Morgan fingerprint density at radius 1 is 1.00 bits per heavy atom. The molecule has 150 valence electrons. The zero-order chi connectivity index (χ0) is 19.9. The average Bonchev–Trinajstić information content (AvgIpc) is 2.74. The van der Waals surface area contributed by atoms with E-state index in [1.54, 1.807) is 14.2 Å². The van der Waals surface area contributed by atoms with Gasteiger partial charge in [-0.1, -0.05) is 30.2 Å². The molecule has 5 nitrogen and oxygen atoms in total. The summed E-state index contributed by atoms with van der Waals surface area (Å²) in [5, 5.41) is 3.13. The molecule has 0 aliphatic carbocycles. The van der Waals surface area contributed by atoms with Crippen LogP contribution in [-0.2, 0) is 0 Å². The lowest BCUT2D eigenvalue weighted by atomic mass is 10.0. The Balaban J connectivity index is 1.79. The maximum absolute atomic E-state index is 12.6. The number of ether oxygens (including phenoxy) is 2. The van der Waals surface area contributed by atoms with E-state index in [9.17, 15) is 4.79 Å². The molecule has 2 aromatic carbocycles. The number of hydrogen-bond acceptors (Lipinski definition) is 4. The van der Waals surface area contributed by atoms with Crippen molar-refractivity contribution < 1.29 is 14.3 Å². The van der Waals surface area contributed by atoms with Gasteiger partial charge >= 0.3 is 0 Å². The lowest BCUT2D eigenvalue weighted by Crippen LogP contribution is -2.40. The van der Waals surface area contributed by atoms with E-state index in [0.717, 1.165) is 24.2 Å². The first kappa shape index (κ1) is 20.2. The van der Waals surface area contributed by atoms with Crippen LogP contribution >= 0.6 is 0 Å². The van der Waals surface area contributed by atoms with E-state index in [1.807, 2.05) is 43.3 Å². The van der Waals surface area contributed by atoms with Gasteiger partial charge < -0.3 is 14.8 Å². The van der Waals surface area contributed by atoms with Gasteiger partial charge in [0, 0.05) is 12.1 Å². The molecule has 1 heterocycles. The number of carbonyl (C=O) groups excluding carboxylic acids is 1. The highest BCUT2D eigenvalue weighted by Crippen LogP contribution is 2.32. The first-order valence-corrected chi connectivity index (χ1v) is 9.93. The van der Waals surface area contributed by atoms with Gasteiger partial charge in [0.15, 0.2) is 11.5 Å². The van der Waals surface area contributed by atoms with E-state index in [1.165, 1.54) is 19.3 Å². The molecule has 1 aliphatic rings. The molecule has 1 aliphatic heterocycles. The van der Waals surface area contributed by atoms with Crippen LogP contribution < -0.4 is 14.8 Å². The van der Waals surface area contributed by atoms with Crippen molar-refractivity contribution >= 4 is 5.91 Å². The second kappa shape index (κ2) is 9.60. The third-order valence-electron chi connectivity index (χ3n) is 5.39. The summed E-state index contributed by atoms with van der Waals surface area (Å²) < 4.78 is 10.9. The lowest BCUT2D eigenvalue weighted by molar-refractivity contribution is 0.0924. The van der Waals surface area contributed by atoms with Gasteiger partial charge in [0.1, 0.15) is 0 Å². The van der Waals surface area contributed by atoms with Crippen molar-refractivity contribution in [2.45, 2.75) is 32.2 Å². The number of rotatable bonds is 7. The Hall–Kier alpha value is -2.53. The molecule has 0 aromatic heterocycles. The summed E-state index contributed by atoms with van der Waals surface area (Å²) in [6.45, 7) is 4.66. The van der Waals surface area contributed by atoms with Gasteiger partial charge in [0.25, 0.3) is 5.91 Å². The first-order valence-electron chi connectivity index (χ1n) is 9.93. The fourth-order valence-electron chi connectivity index (χ4n) is 3.74. The molecule has 1 amide bonds. The fourth-order valence-corrected chi connectivity index (χ4v) is 3.74. The van der Waals surface area contributed by atoms with Gasteiger partial charge in [-0.2, -0.15) is 0 Å². The lowest BCUT2D eigenvalue weighted by Gasteiger charge is -2.35. The van der Waals surface area contributed by atoms with Gasteiger partial charge in [-0.05, 0) is 62.7 Å². The van der Waals surface area contributed by atoms with Crippen molar-refractivity contribution in [3.05, 3.63) is 59.2 Å². The molecule has 0 saturated carbocycles. The van der Waals surface area contributed by atoms with Crippen LogP contribution in [0.15, 0.2) is 42.5 Å². The molecule has 1 atom stereocenters. The predicted octanol–water partition coefficient (Wildman–Crippen LogP) is 3.97. The summed E-state index contributed by atoms with van der Waals surface area (Å²) in [4.78, 5) is 15.1. The molecule has 1 N–H and O–H groups in total. The van der Waals surface area contributed by atoms with Gasteiger partial charge in [0.2, 0.25) is 0 Å². The Bertz CT molecular complexity index is 783. The highest BCUT2D eigenvalue weighted by atomic mass is 16.5. The molecule has 0 spiro atoms. The number of likely N-dealkylation sites (tertiary alicyclic amines) is 1. The average molecular weight is 383 g/mol. The third kappa shape index (κ3) is 4.84. The molecular weight excluding hydrogens is 352 g/mol. The van der Waals surface area contributed by atoms with Gasteiger partial charge in [-0.25, -0.2) is 0 Å². The summed E-state index contributed by atoms with van der Waals surface area (Å²) in [7, 11) is 3.29. The smallest absolute Gasteiger partial charge is 0.251 e. The number of nitrogens with one attached hydrogen (secondary N) is 1. The van der Waals surface area contributed by atoms with E-state index >= 15 is 0 Å². The minimum atomic E-state index is -0.0394. The Morgan fingerprint density at radius 2 is 1.68 bits per heavy atom. The number of carbonyl (C=O) groups is 1. The van der Waals surface area contributed by atoms with E-state index in [-0.39, 0.29) is 11.9 Å². The van der Waals surface area contributed by atoms with Crippen LogP contribution in [0.5, 0.6) is 11.5 Å². The van der Waals surface area contributed by atoms with Crippen molar-refractivity contribution in [3.8, 4) is 11.5 Å². The SMILES string of the molecule is COc1ccc(C(CNC(=O)c2ccc(C)cc2)N2CCCCC2)cc1OC. The van der Waals surface area contributed by atoms with Crippen molar-refractivity contribution in [3.63, 3.8) is 0 Å². The van der Waals surface area contributed by atoms with Crippen molar-refractivity contribution in [1.29, 1.82) is 0 Å². The summed E-state index contributed by atoms with van der Waals surface area (Å²) in [5.41, 5.74) is 2.96. The number of amides is 1. The van der Waals surface area contributed by atoms with Crippen LogP contribution in [0.4, 0.5) is 0 Å². The quantitative estimate of drug-likeness (QED) is 0.787. The maximum Gasteiger partial charge on any atom is 0.251 e. The molecule has 1 unspecified atom stereocenters. The minimum absolute atomic E-state index is 0.0394. The van der Waals surface area contributed by atoms with Crippen LogP contribution in [0.2, 0.25) is 0 Å². The topological polar surface area (TPSA) is 50.8 Å². The predicted molar refractivity (Wildman–Crippen MR) is 111 cm³/mol. The zero-order valence-electron chi connectivity index (χ0n) is 17.0. The third-order valence-corrected chi connectivity index (χ3v) is 5.39. The molecule has 3 rings (SSSR count). The van der Waals surface area contributed by atoms with Crippen molar-refractivity contribution in [2.24, 2.45) is 0 Å². The molecule has 1 saturated heterocycles. The molecule has 0 radical (unpaired) electrons. The molecule has 28 heavy (non-hydrogen) atoms. The van der Waals surface area contributed by atoms with Gasteiger partial charge in [-0.15, -0.1) is 0 Å². The number of methoxy groups -OCH3 is 2. The highest BCUT2D eigenvalue weighted by molar-refractivity contribution is 5.94. The fraction of sp³-hybridized carbons (Fsp3) is 0.435. The molecular formula is C23H30N2O3. The van der Waals surface area contributed by atoms with E-state index < -0.39 is 0 Å². The van der Waals surface area contributed by atoms with E-state index in [0.29, 0.717) is 23.6 Å². The summed E-state index contributed by atoms with van der Waals surface area (Å²) >= 11 is 0. The second-order valence-electron chi connectivity index (χ2n) is 7.30. The van der Waals surface area contributed by atoms with E-state index in [4.69, 9.17) is 9.47 Å². The van der Waals surface area contributed by atoms with Crippen LogP contribution in [0, 0.1) is 6.92 Å². The Kier molecular flexibility index (Phi) is 6.93. The van der Waals surface area contributed by atoms with Gasteiger partial charge in [-0.3, -0.25) is 9.69 Å². The Morgan fingerprint density at radius 3 is 2.32 bits per heavy atom.